The number of furan rings is 1. The Labute approximate surface area is 105 Å². The molecule has 0 aliphatic rings. The van der Waals surface area contributed by atoms with Gasteiger partial charge in [-0.2, -0.15) is 0 Å². The van der Waals surface area contributed by atoms with E-state index in [1.165, 1.54) is 0 Å². The summed E-state index contributed by atoms with van der Waals surface area (Å²) in [7, 11) is 0. The van der Waals surface area contributed by atoms with Crippen LogP contribution >= 0.6 is 11.3 Å². The predicted octanol–water partition coefficient (Wildman–Crippen LogP) is 2.99. The van der Waals surface area contributed by atoms with Gasteiger partial charge in [0.1, 0.15) is 5.01 Å². The Morgan fingerprint density at radius 1 is 1.35 bits per heavy atom. The second-order valence-electron chi connectivity index (χ2n) is 5.04. The SMILES string of the molecule is Cc1ccoc1-c1nnc(CNC(C)(C)C)s1. The average molecular weight is 251 g/mol. The second-order valence-corrected chi connectivity index (χ2v) is 6.10. The van der Waals surface area contributed by atoms with E-state index >= 15 is 0 Å². The van der Waals surface area contributed by atoms with Crippen LogP contribution in [-0.4, -0.2) is 15.7 Å². The normalized spacial score (nSPS) is 12.0. The van der Waals surface area contributed by atoms with Gasteiger partial charge in [-0.3, -0.25) is 0 Å². The quantitative estimate of drug-likeness (QED) is 0.911. The van der Waals surface area contributed by atoms with Crippen molar-refractivity contribution in [2.75, 3.05) is 0 Å². The highest BCUT2D eigenvalue weighted by Gasteiger charge is 2.14. The zero-order chi connectivity index (χ0) is 12.5. The van der Waals surface area contributed by atoms with Gasteiger partial charge in [0.25, 0.3) is 0 Å². The fraction of sp³-hybridized carbons (Fsp3) is 0.500. The van der Waals surface area contributed by atoms with Crippen molar-refractivity contribution in [2.24, 2.45) is 0 Å². The number of aromatic nitrogens is 2. The second kappa shape index (κ2) is 4.58. The van der Waals surface area contributed by atoms with Gasteiger partial charge in [0.15, 0.2) is 10.8 Å². The first-order valence-corrected chi connectivity index (χ1v) is 6.39. The highest BCUT2D eigenvalue weighted by Crippen LogP contribution is 2.27. The van der Waals surface area contributed by atoms with Gasteiger partial charge in [0.05, 0.1) is 12.8 Å². The summed E-state index contributed by atoms with van der Waals surface area (Å²) < 4.78 is 5.40. The Morgan fingerprint density at radius 3 is 2.71 bits per heavy atom. The first-order valence-electron chi connectivity index (χ1n) is 5.57. The number of hydrogen-bond donors (Lipinski definition) is 1. The Balaban J connectivity index is 2.09. The maximum Gasteiger partial charge on any atom is 0.183 e. The molecule has 2 heterocycles. The Morgan fingerprint density at radius 2 is 2.12 bits per heavy atom. The lowest BCUT2D eigenvalue weighted by molar-refractivity contribution is 0.423. The molecule has 5 heteroatoms. The molecule has 2 aromatic heterocycles. The maximum atomic E-state index is 5.40. The van der Waals surface area contributed by atoms with E-state index in [9.17, 15) is 0 Å². The highest BCUT2D eigenvalue weighted by molar-refractivity contribution is 7.14. The predicted molar refractivity (Wildman–Crippen MR) is 68.9 cm³/mol. The minimum atomic E-state index is 0.0897. The van der Waals surface area contributed by atoms with Crippen molar-refractivity contribution in [1.82, 2.24) is 15.5 Å². The molecular weight excluding hydrogens is 234 g/mol. The minimum Gasteiger partial charge on any atom is -0.461 e. The summed E-state index contributed by atoms with van der Waals surface area (Å²) in [5.41, 5.74) is 1.18. The van der Waals surface area contributed by atoms with E-state index in [0.717, 1.165) is 27.9 Å². The van der Waals surface area contributed by atoms with Gasteiger partial charge in [-0.15, -0.1) is 10.2 Å². The minimum absolute atomic E-state index is 0.0897. The van der Waals surface area contributed by atoms with E-state index < -0.39 is 0 Å². The molecule has 0 radical (unpaired) electrons. The molecule has 0 aromatic carbocycles. The van der Waals surface area contributed by atoms with E-state index in [0.29, 0.717) is 0 Å². The molecule has 2 aromatic rings. The van der Waals surface area contributed by atoms with Crippen LogP contribution in [0.5, 0.6) is 0 Å². The zero-order valence-corrected chi connectivity index (χ0v) is 11.4. The van der Waals surface area contributed by atoms with E-state index in [1.807, 2.05) is 13.0 Å². The standard InChI is InChI=1S/C12H17N3OS/c1-8-5-6-16-10(8)11-15-14-9(17-11)7-13-12(2,3)4/h5-6,13H,7H2,1-4H3. The topological polar surface area (TPSA) is 51.0 Å². The summed E-state index contributed by atoms with van der Waals surface area (Å²) in [6, 6.07) is 1.93. The van der Waals surface area contributed by atoms with Crippen molar-refractivity contribution in [3.8, 4) is 10.8 Å². The lowest BCUT2D eigenvalue weighted by Crippen LogP contribution is -2.35. The van der Waals surface area contributed by atoms with Gasteiger partial charge in [-0.25, -0.2) is 0 Å². The lowest BCUT2D eigenvalue weighted by Gasteiger charge is -2.19. The molecule has 92 valence electrons. The third-order valence-corrected chi connectivity index (χ3v) is 3.22. The Bertz CT molecular complexity index is 496. The molecule has 0 atom stereocenters. The summed E-state index contributed by atoms with van der Waals surface area (Å²) in [5.74, 6) is 0.824. The van der Waals surface area contributed by atoms with Gasteiger partial charge >= 0.3 is 0 Å². The molecule has 0 spiro atoms. The van der Waals surface area contributed by atoms with Crippen molar-refractivity contribution >= 4 is 11.3 Å². The number of nitrogens with zero attached hydrogens (tertiary/aromatic N) is 2. The van der Waals surface area contributed by atoms with E-state index in [2.05, 4.69) is 36.3 Å². The van der Waals surface area contributed by atoms with Crippen molar-refractivity contribution in [1.29, 1.82) is 0 Å². The number of rotatable bonds is 3. The van der Waals surface area contributed by atoms with Crippen molar-refractivity contribution in [3.05, 3.63) is 22.9 Å². The molecule has 1 N–H and O–H groups in total. The molecule has 0 unspecified atom stereocenters. The van der Waals surface area contributed by atoms with E-state index in [4.69, 9.17) is 4.42 Å². The summed E-state index contributed by atoms with van der Waals surface area (Å²) in [4.78, 5) is 0. The van der Waals surface area contributed by atoms with E-state index in [-0.39, 0.29) is 5.54 Å². The molecule has 0 saturated heterocycles. The third kappa shape index (κ3) is 3.14. The number of nitrogens with one attached hydrogen (secondary N) is 1. The Kier molecular flexibility index (Phi) is 3.31. The number of hydrogen-bond acceptors (Lipinski definition) is 5. The largest absolute Gasteiger partial charge is 0.461 e. The van der Waals surface area contributed by atoms with Crippen LogP contribution in [0.3, 0.4) is 0 Å². The summed E-state index contributed by atoms with van der Waals surface area (Å²) in [6.07, 6.45) is 1.68. The van der Waals surface area contributed by atoms with Gasteiger partial charge in [-0.05, 0) is 39.3 Å². The summed E-state index contributed by atoms with van der Waals surface area (Å²) in [5, 5.41) is 13.5. The number of aryl methyl sites for hydroxylation is 1. The first kappa shape index (κ1) is 12.3. The zero-order valence-electron chi connectivity index (χ0n) is 10.6. The molecular formula is C12H17N3OS. The average Bonchev–Trinajstić information content (AvgIpc) is 2.81. The smallest absolute Gasteiger partial charge is 0.183 e. The van der Waals surface area contributed by atoms with Crippen molar-refractivity contribution < 1.29 is 4.42 Å². The molecule has 0 saturated carbocycles. The van der Waals surface area contributed by atoms with Crippen LogP contribution in [0.4, 0.5) is 0 Å². The molecule has 0 amide bonds. The van der Waals surface area contributed by atoms with Crippen LogP contribution in [-0.2, 0) is 6.54 Å². The lowest BCUT2D eigenvalue weighted by atomic mass is 10.1. The molecule has 2 rings (SSSR count). The fourth-order valence-electron chi connectivity index (χ4n) is 1.35. The van der Waals surface area contributed by atoms with Gasteiger partial charge in [0, 0.05) is 5.54 Å². The van der Waals surface area contributed by atoms with Gasteiger partial charge < -0.3 is 9.73 Å². The van der Waals surface area contributed by atoms with Crippen molar-refractivity contribution in [3.63, 3.8) is 0 Å². The van der Waals surface area contributed by atoms with Crippen LogP contribution in [0.25, 0.3) is 10.8 Å². The fourth-order valence-corrected chi connectivity index (χ4v) is 2.18. The first-order chi connectivity index (χ1) is 7.96. The summed E-state index contributed by atoms with van der Waals surface area (Å²) >= 11 is 1.57. The molecule has 0 aliphatic heterocycles. The molecule has 0 fully saturated rings. The molecule has 0 aliphatic carbocycles. The maximum absolute atomic E-state index is 5.40. The van der Waals surface area contributed by atoms with E-state index in [1.54, 1.807) is 17.6 Å². The summed E-state index contributed by atoms with van der Waals surface area (Å²) in [6.45, 7) is 9.14. The molecule has 17 heavy (non-hydrogen) atoms. The molecule has 4 nitrogen and oxygen atoms in total. The van der Waals surface area contributed by atoms with Gasteiger partial charge in [-0.1, -0.05) is 11.3 Å². The van der Waals surface area contributed by atoms with Crippen LogP contribution in [0, 0.1) is 6.92 Å². The van der Waals surface area contributed by atoms with Crippen LogP contribution in [0.2, 0.25) is 0 Å². The van der Waals surface area contributed by atoms with Gasteiger partial charge in [0.2, 0.25) is 0 Å². The van der Waals surface area contributed by atoms with Crippen molar-refractivity contribution in [2.45, 2.75) is 39.8 Å². The Hall–Kier alpha value is -1.20. The van der Waals surface area contributed by atoms with Crippen LogP contribution in [0.1, 0.15) is 31.3 Å². The highest BCUT2D eigenvalue weighted by atomic mass is 32.1. The molecule has 0 bridgehead atoms. The monoisotopic (exact) mass is 251 g/mol. The third-order valence-electron chi connectivity index (χ3n) is 2.29. The van der Waals surface area contributed by atoms with Crippen LogP contribution in [0.15, 0.2) is 16.7 Å². The van der Waals surface area contributed by atoms with Crippen LogP contribution < -0.4 is 5.32 Å².